The van der Waals surface area contributed by atoms with Crippen LogP contribution in [0.5, 0.6) is 0 Å². The van der Waals surface area contributed by atoms with E-state index in [9.17, 15) is 14.9 Å². The zero-order chi connectivity index (χ0) is 16.2. The van der Waals surface area contributed by atoms with E-state index in [0.717, 1.165) is 12.5 Å². The van der Waals surface area contributed by atoms with Gasteiger partial charge in [-0.1, -0.05) is 13.5 Å². The van der Waals surface area contributed by atoms with Crippen LogP contribution in [0.4, 0.5) is 0 Å². The first-order chi connectivity index (χ1) is 10.2. The zero-order valence-electron chi connectivity index (χ0n) is 13.1. The van der Waals surface area contributed by atoms with Crippen molar-refractivity contribution in [2.75, 3.05) is 7.11 Å². The zero-order valence-corrected chi connectivity index (χ0v) is 13.1. The number of rotatable bonds is 3. The number of esters is 2. The second-order valence-electron chi connectivity index (χ2n) is 7.84. The van der Waals surface area contributed by atoms with Gasteiger partial charge >= 0.3 is 11.9 Å². The van der Waals surface area contributed by atoms with E-state index in [4.69, 9.17) is 9.47 Å². The number of hydrogen-bond acceptors (Lipinski definition) is 5. The van der Waals surface area contributed by atoms with Crippen LogP contribution in [0.3, 0.4) is 0 Å². The van der Waals surface area contributed by atoms with Crippen LogP contribution in [-0.2, 0) is 19.1 Å². The Morgan fingerprint density at radius 2 is 1.91 bits per heavy atom. The maximum Gasteiger partial charge on any atom is 0.330 e. The molecule has 4 rings (SSSR count). The molecular formula is C17H21NO4. The van der Waals surface area contributed by atoms with Crippen LogP contribution >= 0.6 is 0 Å². The van der Waals surface area contributed by atoms with Crippen LogP contribution in [0.1, 0.15) is 45.4 Å². The highest BCUT2D eigenvalue weighted by molar-refractivity contribution is 5.82. The summed E-state index contributed by atoms with van der Waals surface area (Å²) in [5.41, 5.74) is -2.26. The molecule has 0 aliphatic heterocycles. The highest BCUT2D eigenvalue weighted by atomic mass is 16.6. The summed E-state index contributed by atoms with van der Waals surface area (Å²) in [6.45, 7) is 5.54. The van der Waals surface area contributed by atoms with Gasteiger partial charge in [0.15, 0.2) is 0 Å². The van der Waals surface area contributed by atoms with Gasteiger partial charge in [0.2, 0.25) is 0 Å². The van der Waals surface area contributed by atoms with E-state index < -0.39 is 22.4 Å². The number of nitrogens with zero attached hydrogens (tertiary/aromatic N) is 1. The predicted molar refractivity (Wildman–Crippen MR) is 77.3 cm³/mol. The van der Waals surface area contributed by atoms with Crippen molar-refractivity contribution in [1.29, 1.82) is 5.26 Å². The Balaban J connectivity index is 2.08. The first kappa shape index (κ1) is 15.1. The Hall–Kier alpha value is -1.83. The van der Waals surface area contributed by atoms with E-state index in [-0.39, 0.29) is 11.4 Å². The molecule has 4 bridgehead atoms. The van der Waals surface area contributed by atoms with Crippen molar-refractivity contribution in [3.8, 4) is 6.07 Å². The van der Waals surface area contributed by atoms with Gasteiger partial charge in [0.1, 0.15) is 5.60 Å². The molecule has 4 aliphatic rings. The predicted octanol–water partition coefficient (Wildman–Crippen LogP) is 2.51. The first-order valence-corrected chi connectivity index (χ1v) is 7.59. The van der Waals surface area contributed by atoms with Gasteiger partial charge in [-0.3, -0.25) is 4.79 Å². The van der Waals surface area contributed by atoms with Gasteiger partial charge in [-0.05, 0) is 31.1 Å². The number of nitriles is 1. The molecule has 0 N–H and O–H groups in total. The molecule has 0 heterocycles. The lowest BCUT2D eigenvalue weighted by Crippen LogP contribution is -2.66. The fourth-order valence-electron chi connectivity index (χ4n) is 5.96. The van der Waals surface area contributed by atoms with Crippen LogP contribution in [0.2, 0.25) is 0 Å². The molecule has 5 heteroatoms. The summed E-state index contributed by atoms with van der Waals surface area (Å²) in [4.78, 5) is 24.3. The van der Waals surface area contributed by atoms with Gasteiger partial charge in [0.05, 0.1) is 24.0 Å². The van der Waals surface area contributed by atoms with Crippen molar-refractivity contribution in [1.82, 2.24) is 0 Å². The molecule has 4 atom stereocenters. The molecule has 4 aliphatic carbocycles. The molecule has 0 aromatic rings. The van der Waals surface area contributed by atoms with Crippen molar-refractivity contribution in [3.05, 3.63) is 12.7 Å². The molecule has 0 radical (unpaired) electrons. The van der Waals surface area contributed by atoms with Gasteiger partial charge in [-0.25, -0.2) is 4.79 Å². The topological polar surface area (TPSA) is 76.4 Å². The number of methoxy groups -OCH3 is 1. The summed E-state index contributed by atoms with van der Waals surface area (Å²) in [6.07, 6.45) is 4.75. The van der Waals surface area contributed by atoms with E-state index in [1.165, 1.54) is 7.11 Å². The first-order valence-electron chi connectivity index (χ1n) is 7.59. The molecule has 0 aromatic carbocycles. The number of carbonyl (C=O) groups excluding carboxylic acids is 2. The molecule has 0 amide bonds. The fraction of sp³-hybridized carbons (Fsp3) is 0.706. The van der Waals surface area contributed by atoms with Gasteiger partial charge in [-0.2, -0.15) is 5.26 Å². The van der Waals surface area contributed by atoms with Crippen LogP contribution in [-0.4, -0.2) is 24.6 Å². The Morgan fingerprint density at radius 3 is 2.50 bits per heavy atom. The van der Waals surface area contributed by atoms with E-state index in [0.29, 0.717) is 32.1 Å². The lowest BCUT2D eigenvalue weighted by Gasteiger charge is -2.66. The van der Waals surface area contributed by atoms with E-state index in [2.05, 4.69) is 19.6 Å². The fourth-order valence-corrected chi connectivity index (χ4v) is 5.96. The third-order valence-corrected chi connectivity index (χ3v) is 5.62. The van der Waals surface area contributed by atoms with Crippen molar-refractivity contribution in [2.45, 2.75) is 51.0 Å². The second kappa shape index (κ2) is 4.34. The number of ether oxygens (including phenoxy) is 2. The largest absolute Gasteiger partial charge is 0.469 e. The molecule has 0 spiro atoms. The molecule has 0 aromatic heterocycles. The Bertz CT molecular complexity index is 608. The molecular weight excluding hydrogens is 282 g/mol. The normalized spacial score (nSPS) is 45.0. The van der Waals surface area contributed by atoms with E-state index in [1.807, 2.05) is 0 Å². The van der Waals surface area contributed by atoms with E-state index in [1.54, 1.807) is 0 Å². The Kier molecular flexibility index (Phi) is 2.98. The smallest absolute Gasteiger partial charge is 0.330 e. The maximum atomic E-state index is 12.5. The molecule has 4 fully saturated rings. The second-order valence-corrected chi connectivity index (χ2v) is 7.84. The monoisotopic (exact) mass is 303 g/mol. The summed E-state index contributed by atoms with van der Waals surface area (Å²) < 4.78 is 10.7. The highest BCUT2D eigenvalue weighted by Gasteiger charge is 2.71. The third-order valence-electron chi connectivity index (χ3n) is 5.62. The van der Waals surface area contributed by atoms with Crippen molar-refractivity contribution < 1.29 is 19.1 Å². The third kappa shape index (κ3) is 1.97. The molecule has 5 nitrogen and oxygen atoms in total. The minimum absolute atomic E-state index is 0.180. The summed E-state index contributed by atoms with van der Waals surface area (Å²) in [5.74, 6) is -0.768. The maximum absolute atomic E-state index is 12.5. The van der Waals surface area contributed by atoms with Crippen molar-refractivity contribution >= 4 is 11.9 Å². The minimum Gasteiger partial charge on any atom is -0.469 e. The van der Waals surface area contributed by atoms with Crippen LogP contribution in [0, 0.1) is 27.6 Å². The van der Waals surface area contributed by atoms with Crippen molar-refractivity contribution in [2.24, 2.45) is 16.2 Å². The van der Waals surface area contributed by atoms with Gasteiger partial charge in [0.25, 0.3) is 0 Å². The van der Waals surface area contributed by atoms with Gasteiger partial charge < -0.3 is 9.47 Å². The average Bonchev–Trinajstić information content (AvgIpc) is 2.43. The number of carbonyl (C=O) groups is 2. The summed E-state index contributed by atoms with van der Waals surface area (Å²) in [5, 5.41) is 9.76. The summed E-state index contributed by atoms with van der Waals surface area (Å²) in [6, 6.07) is 2.43. The lowest BCUT2D eigenvalue weighted by molar-refractivity contribution is -0.235. The average molecular weight is 303 g/mol. The van der Waals surface area contributed by atoms with Crippen LogP contribution in [0.25, 0.3) is 0 Å². The van der Waals surface area contributed by atoms with E-state index >= 15 is 0 Å². The van der Waals surface area contributed by atoms with Gasteiger partial charge in [-0.15, -0.1) is 0 Å². The summed E-state index contributed by atoms with van der Waals surface area (Å²) in [7, 11) is 1.38. The summed E-state index contributed by atoms with van der Waals surface area (Å²) >= 11 is 0. The van der Waals surface area contributed by atoms with Crippen molar-refractivity contribution in [3.63, 3.8) is 0 Å². The number of hydrogen-bond donors (Lipinski definition) is 0. The molecule has 0 saturated heterocycles. The minimum atomic E-state index is -0.751. The quantitative estimate of drug-likeness (QED) is 0.591. The Labute approximate surface area is 130 Å². The lowest BCUT2D eigenvalue weighted by atomic mass is 9.39. The molecule has 22 heavy (non-hydrogen) atoms. The van der Waals surface area contributed by atoms with Gasteiger partial charge in [0, 0.05) is 18.9 Å². The SMILES string of the molecule is C=CC(=O)OC12CC3(C)CC(C#N)(C1)CC(C(=O)OC)(C3)C2. The molecule has 4 saturated carbocycles. The molecule has 118 valence electrons. The Morgan fingerprint density at radius 1 is 1.18 bits per heavy atom. The highest BCUT2D eigenvalue weighted by Crippen LogP contribution is 2.71. The van der Waals surface area contributed by atoms with Crippen LogP contribution < -0.4 is 0 Å². The molecule has 4 unspecified atom stereocenters. The van der Waals surface area contributed by atoms with Crippen LogP contribution in [0.15, 0.2) is 12.7 Å². The standard InChI is InChI=1S/C17H21NO4/c1-4-12(19)22-17-7-14(2)5-15(9-17,11-18)8-16(6-14,10-17)13(20)21-3/h4H,1,5-10H2,2-3H3.